The van der Waals surface area contributed by atoms with Gasteiger partial charge in [0.2, 0.25) is 0 Å². The van der Waals surface area contributed by atoms with Gasteiger partial charge in [-0.1, -0.05) is 49.7 Å². The maximum absolute atomic E-state index is 13.9. The van der Waals surface area contributed by atoms with Gasteiger partial charge in [-0.2, -0.15) is 0 Å². The third-order valence-corrected chi connectivity index (χ3v) is 3.55. The molecule has 0 N–H and O–H groups in total. The molecule has 0 atom stereocenters. The maximum Gasteiger partial charge on any atom is 0.319 e. The fourth-order valence-electron chi connectivity index (χ4n) is 2.05. The third kappa shape index (κ3) is 3.16. The van der Waals surface area contributed by atoms with E-state index in [0.29, 0.717) is 11.5 Å². The molecule has 108 valence electrons. The highest BCUT2D eigenvalue weighted by molar-refractivity contribution is 6.33. The lowest BCUT2D eigenvalue weighted by molar-refractivity contribution is 0.0997. The van der Waals surface area contributed by atoms with Crippen molar-refractivity contribution < 1.29 is 9.18 Å². The number of rotatable bonds is 3. The van der Waals surface area contributed by atoms with Crippen LogP contribution in [-0.4, -0.2) is 5.91 Å². The van der Waals surface area contributed by atoms with Gasteiger partial charge in [0.1, 0.15) is 5.82 Å². The first-order valence-electron chi connectivity index (χ1n) is 6.41. The van der Waals surface area contributed by atoms with Crippen LogP contribution >= 0.6 is 11.6 Å². The van der Waals surface area contributed by atoms with Gasteiger partial charge in [-0.25, -0.2) is 4.39 Å². The van der Waals surface area contributed by atoms with Gasteiger partial charge < -0.3 is 0 Å². The van der Waals surface area contributed by atoms with Crippen molar-refractivity contribution >= 4 is 17.5 Å². The van der Waals surface area contributed by atoms with E-state index in [0.717, 1.165) is 23.3 Å². The molecule has 2 aromatic carbocycles. The second kappa shape index (κ2) is 6.14. The molecule has 0 aliphatic rings. The Kier molecular flexibility index (Phi) is 4.48. The van der Waals surface area contributed by atoms with Crippen LogP contribution in [0.3, 0.4) is 0 Å². The molecule has 0 spiro atoms. The van der Waals surface area contributed by atoms with Crippen LogP contribution in [0.2, 0.25) is 5.02 Å². The number of halogens is 2. The van der Waals surface area contributed by atoms with E-state index in [4.69, 9.17) is 11.6 Å². The summed E-state index contributed by atoms with van der Waals surface area (Å²) < 4.78 is 13.9. The number of amides is 1. The van der Waals surface area contributed by atoms with Crippen LogP contribution in [0.4, 0.5) is 4.39 Å². The largest absolute Gasteiger partial charge is 0.319 e. The van der Waals surface area contributed by atoms with E-state index >= 15 is 0 Å². The fourth-order valence-corrected chi connectivity index (χ4v) is 2.32. The molecule has 0 heterocycles. The van der Waals surface area contributed by atoms with Gasteiger partial charge >= 0.3 is 5.91 Å². The third-order valence-electron chi connectivity index (χ3n) is 3.23. The minimum atomic E-state index is -1.17. The van der Waals surface area contributed by atoms with Gasteiger partial charge in [-0.05, 0) is 29.2 Å². The Morgan fingerprint density at radius 1 is 1.24 bits per heavy atom. The van der Waals surface area contributed by atoms with Crippen LogP contribution in [0.25, 0.3) is 11.1 Å². The Morgan fingerprint density at radius 2 is 1.95 bits per heavy atom. The highest BCUT2D eigenvalue weighted by Crippen LogP contribution is 2.32. The molecule has 0 aromatic heterocycles. The van der Waals surface area contributed by atoms with E-state index in [1.165, 1.54) is 0 Å². The minimum absolute atomic E-state index is 0.198. The zero-order chi connectivity index (χ0) is 15.6. The predicted molar refractivity (Wildman–Crippen MR) is 81.1 cm³/mol. The monoisotopic (exact) mass is 305 g/mol. The lowest BCUT2D eigenvalue weighted by Gasteiger charge is -2.10. The molecule has 0 saturated carbocycles. The summed E-state index contributed by atoms with van der Waals surface area (Å²) in [7, 11) is 0. The Labute approximate surface area is 126 Å². The van der Waals surface area contributed by atoms with Crippen LogP contribution in [0.5, 0.6) is 0 Å². The topological polar surface area (TPSA) is 46.5 Å². The predicted octanol–water partition coefficient (Wildman–Crippen LogP) is 5.18. The molecule has 5 heteroatoms. The van der Waals surface area contributed by atoms with Crippen molar-refractivity contribution in [1.82, 2.24) is 0 Å². The summed E-state index contributed by atoms with van der Waals surface area (Å²) in [6.45, 7) is 4.11. The van der Waals surface area contributed by atoms with Crippen molar-refractivity contribution in [1.29, 1.82) is 0 Å². The fraction of sp³-hybridized carbons (Fsp3) is 0.188. The number of benzene rings is 2. The molecule has 0 bridgehead atoms. The summed E-state index contributed by atoms with van der Waals surface area (Å²) in [6.07, 6.45) is 0. The van der Waals surface area contributed by atoms with Crippen molar-refractivity contribution in [3.63, 3.8) is 0 Å². The molecule has 0 aliphatic heterocycles. The van der Waals surface area contributed by atoms with Crippen LogP contribution in [0.1, 0.15) is 35.7 Å². The van der Waals surface area contributed by atoms with E-state index in [2.05, 4.69) is 19.0 Å². The van der Waals surface area contributed by atoms with Gasteiger partial charge in [0, 0.05) is 15.8 Å². The summed E-state index contributed by atoms with van der Waals surface area (Å²) in [5.41, 5.74) is 1.90. The first kappa shape index (κ1) is 15.3. The summed E-state index contributed by atoms with van der Waals surface area (Å²) in [4.78, 5) is 21.4. The molecule has 1 amide bonds. The van der Waals surface area contributed by atoms with Crippen LogP contribution in [0.15, 0.2) is 41.6 Å². The molecular formula is C16H13ClFNO2. The Hall–Kier alpha value is -2.07. The van der Waals surface area contributed by atoms with Gasteiger partial charge in [-0.15, -0.1) is 4.91 Å². The first-order valence-corrected chi connectivity index (χ1v) is 6.79. The number of carbonyl (C=O) groups is 1. The Bertz CT molecular complexity index is 713. The molecule has 2 aromatic rings. The van der Waals surface area contributed by atoms with E-state index in [-0.39, 0.29) is 5.02 Å². The first-order chi connectivity index (χ1) is 9.93. The highest BCUT2D eigenvalue weighted by atomic mass is 35.5. The van der Waals surface area contributed by atoms with Crippen molar-refractivity contribution in [3.8, 4) is 11.1 Å². The number of hydrogen-bond acceptors (Lipinski definition) is 2. The molecule has 21 heavy (non-hydrogen) atoms. The van der Waals surface area contributed by atoms with E-state index in [1.807, 2.05) is 24.3 Å². The molecule has 2 rings (SSSR count). The number of nitroso groups, excluding NO2 is 1. The molecule has 0 fully saturated rings. The van der Waals surface area contributed by atoms with Crippen molar-refractivity contribution in [3.05, 3.63) is 63.3 Å². The van der Waals surface area contributed by atoms with E-state index in [9.17, 15) is 14.1 Å². The van der Waals surface area contributed by atoms with E-state index < -0.39 is 17.3 Å². The Morgan fingerprint density at radius 3 is 2.57 bits per heavy atom. The van der Waals surface area contributed by atoms with Crippen LogP contribution in [-0.2, 0) is 0 Å². The van der Waals surface area contributed by atoms with Gasteiger partial charge in [-0.3, -0.25) is 4.79 Å². The number of nitrogens with zero attached hydrogens (tertiary/aromatic N) is 1. The SMILES string of the molecule is CC(C)c1cccc(-c2cc(F)c(C(=O)N=O)cc2Cl)c1. The molecule has 3 nitrogen and oxygen atoms in total. The second-order valence-corrected chi connectivity index (χ2v) is 5.40. The average molecular weight is 306 g/mol. The minimum Gasteiger partial charge on any atom is -0.263 e. The molecule has 0 aliphatic carbocycles. The number of carbonyl (C=O) groups excluding carboxylic acids is 1. The highest BCUT2D eigenvalue weighted by Gasteiger charge is 2.16. The van der Waals surface area contributed by atoms with Gasteiger partial charge in [0.05, 0.1) is 5.56 Å². The smallest absolute Gasteiger partial charge is 0.263 e. The van der Waals surface area contributed by atoms with Crippen molar-refractivity contribution in [2.45, 2.75) is 19.8 Å². The second-order valence-electron chi connectivity index (χ2n) is 4.99. The van der Waals surface area contributed by atoms with E-state index in [1.54, 1.807) is 0 Å². The molecule has 0 radical (unpaired) electrons. The van der Waals surface area contributed by atoms with Crippen molar-refractivity contribution in [2.75, 3.05) is 0 Å². The average Bonchev–Trinajstić information content (AvgIpc) is 2.48. The molecule has 0 saturated heterocycles. The maximum atomic E-state index is 13.9. The normalized spacial score (nSPS) is 10.7. The summed E-state index contributed by atoms with van der Waals surface area (Å²) in [5, 5.41) is 2.41. The quantitative estimate of drug-likeness (QED) is 0.734. The lowest BCUT2D eigenvalue weighted by atomic mass is 9.96. The van der Waals surface area contributed by atoms with Gasteiger partial charge in [0.25, 0.3) is 0 Å². The number of hydrogen-bond donors (Lipinski definition) is 0. The van der Waals surface area contributed by atoms with Gasteiger partial charge in [0.15, 0.2) is 0 Å². The zero-order valence-corrected chi connectivity index (χ0v) is 12.3. The summed E-state index contributed by atoms with van der Waals surface area (Å²) in [6, 6.07) is 9.87. The summed E-state index contributed by atoms with van der Waals surface area (Å²) >= 11 is 6.11. The Balaban J connectivity index is 2.55. The molecular weight excluding hydrogens is 293 g/mol. The van der Waals surface area contributed by atoms with Crippen LogP contribution in [0, 0.1) is 10.7 Å². The summed E-state index contributed by atoms with van der Waals surface area (Å²) in [5.74, 6) is -1.65. The standard InChI is InChI=1S/C16H13ClFNO2/c1-9(2)10-4-3-5-11(6-10)12-8-15(18)13(7-14(12)17)16(20)19-21/h3-9H,1-2H3. The lowest BCUT2D eigenvalue weighted by Crippen LogP contribution is -1.99. The zero-order valence-electron chi connectivity index (χ0n) is 11.6. The van der Waals surface area contributed by atoms with Crippen LogP contribution < -0.4 is 0 Å². The molecule has 0 unspecified atom stereocenters. The van der Waals surface area contributed by atoms with Crippen molar-refractivity contribution in [2.24, 2.45) is 5.18 Å².